The molecule has 10 heteroatoms. The number of alkyl carbamates (subject to hydrolysis) is 1. The molecule has 0 saturated carbocycles. The van der Waals surface area contributed by atoms with E-state index in [-0.39, 0.29) is 19.1 Å². The van der Waals surface area contributed by atoms with Gasteiger partial charge in [0.05, 0.1) is 13.2 Å². The van der Waals surface area contributed by atoms with Crippen molar-refractivity contribution in [3.63, 3.8) is 0 Å². The number of nitrogens with one attached hydrogen (secondary N) is 1. The molecule has 2 N–H and O–H groups in total. The fraction of sp³-hybridized carbons (Fsp3) is 0.375. The minimum absolute atomic E-state index is 0.00666. The van der Waals surface area contributed by atoms with Crippen molar-refractivity contribution in [1.29, 1.82) is 0 Å². The van der Waals surface area contributed by atoms with Gasteiger partial charge < -0.3 is 24.8 Å². The predicted octanol–water partition coefficient (Wildman–Crippen LogP) is 2.86. The maximum Gasteiger partial charge on any atom is 0.407 e. The highest BCUT2D eigenvalue weighted by molar-refractivity contribution is 5.90. The third-order valence-electron chi connectivity index (χ3n) is 6.11. The number of likely N-dealkylation sites (tertiary alicyclic amines) is 1. The molecule has 1 aliphatic heterocycles. The van der Waals surface area contributed by atoms with E-state index in [9.17, 15) is 28.3 Å². The molecule has 2 aromatic rings. The Bertz CT molecular complexity index is 1060. The Morgan fingerprint density at radius 3 is 2.26 bits per heavy atom. The first-order chi connectivity index (χ1) is 16.2. The van der Waals surface area contributed by atoms with E-state index < -0.39 is 48.9 Å². The standard InChI is InChI=1S/C24H24F2N2O6/c1-33-12-19(21(29)28-13-24(25,26)10-20(28)22(30)31)27-23(32)34-11-18-16-8-4-2-6-14(16)15-7-3-5-9-17(15)18/h2-9,18-20H,10-13H2,1H3,(H,27,32)(H,30,31). The molecule has 2 atom stereocenters. The summed E-state index contributed by atoms with van der Waals surface area (Å²) in [4.78, 5) is 37.3. The number of carbonyl (C=O) groups is 3. The van der Waals surface area contributed by atoms with Gasteiger partial charge in [-0.05, 0) is 22.3 Å². The summed E-state index contributed by atoms with van der Waals surface area (Å²) in [5.74, 6) is -6.05. The van der Waals surface area contributed by atoms with Crippen LogP contribution in [-0.4, -0.2) is 72.9 Å². The van der Waals surface area contributed by atoms with E-state index >= 15 is 0 Å². The molecule has 0 bridgehead atoms. The van der Waals surface area contributed by atoms with Crippen LogP contribution in [0.15, 0.2) is 48.5 Å². The number of hydrogen-bond acceptors (Lipinski definition) is 5. The molecule has 34 heavy (non-hydrogen) atoms. The van der Waals surface area contributed by atoms with Gasteiger partial charge in [-0.2, -0.15) is 0 Å². The molecular formula is C24H24F2N2O6. The van der Waals surface area contributed by atoms with Crippen molar-refractivity contribution in [3.8, 4) is 11.1 Å². The van der Waals surface area contributed by atoms with E-state index in [0.29, 0.717) is 4.90 Å². The lowest BCUT2D eigenvalue weighted by atomic mass is 9.98. The van der Waals surface area contributed by atoms with Crippen LogP contribution in [0.4, 0.5) is 13.6 Å². The quantitative estimate of drug-likeness (QED) is 0.640. The van der Waals surface area contributed by atoms with Crippen LogP contribution < -0.4 is 5.32 Å². The van der Waals surface area contributed by atoms with Crippen molar-refractivity contribution < 1.29 is 37.7 Å². The largest absolute Gasteiger partial charge is 0.480 e. The van der Waals surface area contributed by atoms with Crippen LogP contribution in [0.2, 0.25) is 0 Å². The molecule has 8 nitrogen and oxygen atoms in total. The van der Waals surface area contributed by atoms with E-state index in [1.807, 2.05) is 48.5 Å². The number of rotatable bonds is 7. The number of aliphatic carboxylic acids is 1. The van der Waals surface area contributed by atoms with Crippen LogP contribution in [0.3, 0.4) is 0 Å². The molecule has 0 aromatic heterocycles. The molecule has 1 aliphatic carbocycles. The maximum atomic E-state index is 13.8. The Hall–Kier alpha value is -3.53. The third-order valence-corrected chi connectivity index (χ3v) is 6.11. The fourth-order valence-electron chi connectivity index (χ4n) is 4.59. The molecule has 180 valence electrons. The number of carbonyl (C=O) groups excluding carboxylic acids is 2. The maximum absolute atomic E-state index is 13.8. The number of hydrogen-bond donors (Lipinski definition) is 2. The van der Waals surface area contributed by atoms with Gasteiger partial charge in [-0.25, -0.2) is 18.4 Å². The molecule has 2 unspecified atom stereocenters. The van der Waals surface area contributed by atoms with Crippen molar-refractivity contribution >= 4 is 18.0 Å². The molecule has 0 spiro atoms. The van der Waals surface area contributed by atoms with E-state index in [0.717, 1.165) is 22.3 Å². The van der Waals surface area contributed by atoms with E-state index in [2.05, 4.69) is 5.32 Å². The van der Waals surface area contributed by atoms with Gasteiger partial charge in [0.2, 0.25) is 5.91 Å². The van der Waals surface area contributed by atoms with Crippen LogP contribution in [-0.2, 0) is 19.1 Å². The zero-order valence-electron chi connectivity index (χ0n) is 18.4. The molecule has 2 aliphatic rings. The Labute approximate surface area is 194 Å². The molecule has 0 radical (unpaired) electrons. The first kappa shape index (κ1) is 23.6. The number of nitrogens with zero attached hydrogens (tertiary/aromatic N) is 1. The summed E-state index contributed by atoms with van der Waals surface area (Å²) in [6.45, 7) is -1.39. The van der Waals surface area contributed by atoms with E-state index in [1.54, 1.807) is 0 Å². The van der Waals surface area contributed by atoms with Crippen LogP contribution in [0.1, 0.15) is 23.5 Å². The fourth-order valence-corrected chi connectivity index (χ4v) is 4.59. The van der Waals surface area contributed by atoms with Gasteiger partial charge in [0.15, 0.2) is 0 Å². The van der Waals surface area contributed by atoms with Crippen molar-refractivity contribution in [1.82, 2.24) is 10.2 Å². The smallest absolute Gasteiger partial charge is 0.407 e. The van der Waals surface area contributed by atoms with Gasteiger partial charge in [-0.15, -0.1) is 0 Å². The normalized spacial score (nSPS) is 19.3. The van der Waals surface area contributed by atoms with Crippen molar-refractivity contribution in [2.45, 2.75) is 30.3 Å². The highest BCUT2D eigenvalue weighted by Gasteiger charge is 2.51. The Morgan fingerprint density at radius 2 is 1.71 bits per heavy atom. The Balaban J connectivity index is 1.44. The number of alkyl halides is 2. The van der Waals surface area contributed by atoms with Gasteiger partial charge in [0.1, 0.15) is 18.7 Å². The highest BCUT2D eigenvalue weighted by Crippen LogP contribution is 2.44. The summed E-state index contributed by atoms with van der Waals surface area (Å²) >= 11 is 0. The van der Waals surface area contributed by atoms with E-state index in [1.165, 1.54) is 7.11 Å². The zero-order chi connectivity index (χ0) is 24.5. The summed E-state index contributed by atoms with van der Waals surface area (Å²) in [6.07, 6.45) is -1.92. The van der Waals surface area contributed by atoms with Crippen molar-refractivity contribution in [2.24, 2.45) is 0 Å². The Morgan fingerprint density at radius 1 is 1.12 bits per heavy atom. The van der Waals surface area contributed by atoms with Gasteiger partial charge in [-0.1, -0.05) is 48.5 Å². The topological polar surface area (TPSA) is 105 Å². The van der Waals surface area contributed by atoms with Crippen molar-refractivity contribution in [3.05, 3.63) is 59.7 Å². The summed E-state index contributed by atoms with van der Waals surface area (Å²) in [7, 11) is 1.27. The third kappa shape index (κ3) is 4.58. The summed E-state index contributed by atoms with van der Waals surface area (Å²) in [6, 6.07) is 12.5. The second-order valence-electron chi connectivity index (χ2n) is 8.36. The number of carboxylic acids is 1. The van der Waals surface area contributed by atoms with Gasteiger partial charge in [0, 0.05) is 19.4 Å². The molecule has 1 fully saturated rings. The number of carboxylic acid groups (broad SMARTS) is 1. The van der Waals surface area contributed by atoms with Gasteiger partial charge in [-0.3, -0.25) is 4.79 Å². The molecule has 1 saturated heterocycles. The lowest BCUT2D eigenvalue weighted by Gasteiger charge is -2.26. The number of fused-ring (bicyclic) bond motifs is 3. The van der Waals surface area contributed by atoms with Crippen LogP contribution in [0.5, 0.6) is 0 Å². The number of ether oxygens (including phenoxy) is 2. The van der Waals surface area contributed by atoms with Crippen molar-refractivity contribution in [2.75, 3.05) is 26.9 Å². The summed E-state index contributed by atoms with van der Waals surface area (Å²) < 4.78 is 38.0. The SMILES string of the molecule is COCC(NC(=O)OCC1c2ccccc2-c2ccccc21)C(=O)N1CC(F)(F)CC1C(=O)O. The molecule has 4 rings (SSSR count). The molecule has 2 aromatic carbocycles. The average molecular weight is 474 g/mol. The van der Waals surface area contributed by atoms with Crippen LogP contribution in [0, 0.1) is 0 Å². The highest BCUT2D eigenvalue weighted by atomic mass is 19.3. The second-order valence-corrected chi connectivity index (χ2v) is 8.36. The first-order valence-corrected chi connectivity index (χ1v) is 10.7. The predicted molar refractivity (Wildman–Crippen MR) is 117 cm³/mol. The lowest BCUT2D eigenvalue weighted by Crippen LogP contribution is -2.53. The number of amides is 2. The minimum Gasteiger partial charge on any atom is -0.480 e. The minimum atomic E-state index is -3.33. The van der Waals surface area contributed by atoms with Gasteiger partial charge >= 0.3 is 12.1 Å². The van der Waals surface area contributed by atoms with Crippen LogP contribution >= 0.6 is 0 Å². The number of benzene rings is 2. The first-order valence-electron chi connectivity index (χ1n) is 10.7. The summed E-state index contributed by atoms with van der Waals surface area (Å²) in [5, 5.41) is 11.6. The van der Waals surface area contributed by atoms with Crippen LogP contribution in [0.25, 0.3) is 11.1 Å². The van der Waals surface area contributed by atoms with Gasteiger partial charge in [0.25, 0.3) is 5.92 Å². The molecule has 2 amide bonds. The average Bonchev–Trinajstić information content (AvgIpc) is 3.31. The summed E-state index contributed by atoms with van der Waals surface area (Å²) in [5.41, 5.74) is 4.11. The Kier molecular flexibility index (Phi) is 6.52. The molecule has 1 heterocycles. The lowest BCUT2D eigenvalue weighted by molar-refractivity contribution is -0.149. The molecular weight excluding hydrogens is 450 g/mol. The zero-order valence-corrected chi connectivity index (χ0v) is 18.4. The second kappa shape index (κ2) is 9.38. The van der Waals surface area contributed by atoms with E-state index in [4.69, 9.17) is 9.47 Å². The number of methoxy groups -OCH3 is 1. The monoisotopic (exact) mass is 474 g/mol. The number of halogens is 2.